The summed E-state index contributed by atoms with van der Waals surface area (Å²) in [6.45, 7) is -0.758. The Morgan fingerprint density at radius 2 is 1.55 bits per heavy atom. The molecule has 1 atom stereocenters. The van der Waals surface area contributed by atoms with Gasteiger partial charge in [0, 0.05) is 24.5 Å². The van der Waals surface area contributed by atoms with E-state index in [4.69, 9.17) is 0 Å². The average Bonchev–Trinajstić information content (AvgIpc) is 2.97. The van der Waals surface area contributed by atoms with E-state index >= 15 is 0 Å². The highest BCUT2D eigenvalue weighted by Gasteiger charge is 2.48. The molecule has 1 saturated heterocycles. The van der Waals surface area contributed by atoms with Gasteiger partial charge in [0.05, 0.1) is 12.2 Å². The van der Waals surface area contributed by atoms with Gasteiger partial charge in [-0.1, -0.05) is 25.3 Å². The quantitative estimate of drug-likeness (QED) is 0.196. The highest BCUT2D eigenvalue weighted by Crippen LogP contribution is 2.36. The molecular formula is C29H26F5N3O6S. The minimum absolute atomic E-state index is 0.0591. The third-order valence-corrected chi connectivity index (χ3v) is 9.95. The molecule has 0 bridgehead atoms. The number of hydrogen-bond donors (Lipinski definition) is 2. The summed E-state index contributed by atoms with van der Waals surface area (Å²) in [6, 6.07) is 5.09. The maximum absolute atomic E-state index is 14.5. The van der Waals surface area contributed by atoms with Crippen LogP contribution in [0.25, 0.3) is 0 Å². The summed E-state index contributed by atoms with van der Waals surface area (Å²) in [5.74, 6) is -15.4. The molecule has 44 heavy (non-hydrogen) atoms. The number of carboxylic acid groups (broad SMARTS) is 1. The molecule has 234 valence electrons. The Balaban J connectivity index is 1.49. The molecule has 0 spiro atoms. The Hall–Kier alpha value is -4.11. The van der Waals surface area contributed by atoms with Crippen molar-refractivity contribution in [2.24, 2.45) is 0 Å². The van der Waals surface area contributed by atoms with Crippen LogP contribution < -0.4 is 4.90 Å². The fourth-order valence-electron chi connectivity index (χ4n) is 5.54. The van der Waals surface area contributed by atoms with Crippen LogP contribution in [0.15, 0.2) is 41.4 Å². The Morgan fingerprint density at radius 1 is 0.909 bits per heavy atom. The van der Waals surface area contributed by atoms with Gasteiger partial charge in [-0.25, -0.2) is 35.2 Å². The van der Waals surface area contributed by atoms with Gasteiger partial charge in [-0.2, -0.15) is 4.31 Å². The summed E-state index contributed by atoms with van der Waals surface area (Å²) in [6.07, 6.45) is 6.86. The number of halogens is 5. The third kappa shape index (κ3) is 5.61. The number of sulfonamides is 1. The molecule has 15 heteroatoms. The number of rotatable bonds is 8. The first-order valence-corrected chi connectivity index (χ1v) is 15.1. The lowest BCUT2D eigenvalue weighted by molar-refractivity contribution is -0.125. The molecule has 2 heterocycles. The molecular weight excluding hydrogens is 613 g/mol. The molecule has 2 N–H and O–H groups in total. The number of aromatic hydroxyl groups is 1. The number of aromatic nitrogens is 1. The number of benzene rings is 2. The van der Waals surface area contributed by atoms with Crippen LogP contribution in [0.1, 0.15) is 66.1 Å². The van der Waals surface area contributed by atoms with Crippen molar-refractivity contribution in [3.05, 3.63) is 82.4 Å². The Labute approximate surface area is 248 Å². The van der Waals surface area contributed by atoms with Crippen molar-refractivity contribution in [1.29, 1.82) is 0 Å². The van der Waals surface area contributed by atoms with Gasteiger partial charge in [0.25, 0.3) is 0 Å². The summed E-state index contributed by atoms with van der Waals surface area (Å²) < 4.78 is 96.9. The number of carbonyl (C=O) groups excluding carboxylic acids is 1. The number of phenols is 1. The van der Waals surface area contributed by atoms with Gasteiger partial charge in [-0.15, -0.1) is 0 Å². The molecule has 1 aliphatic carbocycles. The Bertz CT molecular complexity index is 1700. The van der Waals surface area contributed by atoms with Gasteiger partial charge in [0.15, 0.2) is 28.2 Å². The lowest BCUT2D eigenvalue weighted by Gasteiger charge is -2.41. The lowest BCUT2D eigenvalue weighted by Crippen LogP contribution is -2.59. The van der Waals surface area contributed by atoms with Crippen LogP contribution in [0.2, 0.25) is 0 Å². The van der Waals surface area contributed by atoms with E-state index in [1.54, 1.807) is 12.3 Å². The SMILES string of the molecule is O=C(O)c1ccc(N(Cc2ccc(C3CCCCC3)cn2)C(=O)[C@H]2CCN2S(=O)(=O)c2c(F)c(F)c(F)c(F)c2F)cc1O. The second-order valence-electron chi connectivity index (χ2n) is 10.7. The molecule has 3 aromatic rings. The van der Waals surface area contributed by atoms with Crippen LogP contribution in [0, 0.1) is 29.1 Å². The fraction of sp³-hybridized carbons (Fsp3) is 0.345. The topological polar surface area (TPSA) is 128 Å². The zero-order valence-corrected chi connectivity index (χ0v) is 23.8. The zero-order valence-electron chi connectivity index (χ0n) is 22.9. The highest BCUT2D eigenvalue weighted by molar-refractivity contribution is 7.89. The van der Waals surface area contributed by atoms with E-state index in [1.165, 1.54) is 6.07 Å². The van der Waals surface area contributed by atoms with Crippen LogP contribution in [0.5, 0.6) is 5.75 Å². The van der Waals surface area contributed by atoms with Crippen molar-refractivity contribution in [2.45, 2.75) is 61.9 Å². The summed E-state index contributed by atoms with van der Waals surface area (Å²) >= 11 is 0. The Morgan fingerprint density at radius 3 is 2.07 bits per heavy atom. The predicted molar refractivity (Wildman–Crippen MR) is 145 cm³/mol. The first kappa shape index (κ1) is 31.3. The summed E-state index contributed by atoms with van der Waals surface area (Å²) in [4.78, 5) is 28.6. The van der Waals surface area contributed by atoms with Gasteiger partial charge in [0.1, 0.15) is 17.4 Å². The molecule has 2 aromatic carbocycles. The number of hydrogen-bond acceptors (Lipinski definition) is 6. The Kier molecular flexibility index (Phi) is 8.62. The number of carbonyl (C=O) groups is 2. The molecule has 1 aliphatic heterocycles. The van der Waals surface area contributed by atoms with E-state index in [1.807, 2.05) is 6.07 Å². The highest BCUT2D eigenvalue weighted by atomic mass is 32.2. The van der Waals surface area contributed by atoms with Gasteiger partial charge in [-0.3, -0.25) is 9.78 Å². The minimum Gasteiger partial charge on any atom is -0.507 e. The fourth-order valence-corrected chi connectivity index (χ4v) is 7.28. The van der Waals surface area contributed by atoms with E-state index in [2.05, 4.69) is 4.98 Å². The van der Waals surface area contributed by atoms with Crippen molar-refractivity contribution in [1.82, 2.24) is 9.29 Å². The largest absolute Gasteiger partial charge is 0.507 e. The van der Waals surface area contributed by atoms with E-state index < -0.39 is 79.8 Å². The second-order valence-corrected chi connectivity index (χ2v) is 12.5. The molecule has 2 aliphatic rings. The van der Waals surface area contributed by atoms with E-state index in [0.717, 1.165) is 54.7 Å². The molecule has 1 aromatic heterocycles. The molecule has 1 amide bonds. The zero-order chi connectivity index (χ0) is 31.9. The van der Waals surface area contributed by atoms with Crippen LogP contribution in [0.3, 0.4) is 0 Å². The third-order valence-electron chi connectivity index (χ3n) is 8.03. The van der Waals surface area contributed by atoms with Crippen molar-refractivity contribution in [3.8, 4) is 5.75 Å². The van der Waals surface area contributed by atoms with Crippen LogP contribution in [-0.4, -0.2) is 52.4 Å². The van der Waals surface area contributed by atoms with Gasteiger partial charge >= 0.3 is 5.97 Å². The predicted octanol–water partition coefficient (Wildman–Crippen LogP) is 5.23. The first-order valence-electron chi connectivity index (χ1n) is 13.7. The standard InChI is InChI=1S/C29H26F5N3O6S/c30-22-23(31)25(33)27(26(34)24(22)32)44(42,43)37-11-10-20(37)28(39)36(18-8-9-19(29(40)41)21(38)12-18)14-17-7-6-16(13-35-17)15-4-2-1-3-5-15/h6-9,12-13,15,20,38H,1-5,10-11,14H2,(H,40,41)/t20-/m1/s1. The average molecular weight is 640 g/mol. The van der Waals surface area contributed by atoms with Crippen LogP contribution in [0.4, 0.5) is 27.6 Å². The molecule has 0 radical (unpaired) electrons. The number of carboxylic acids is 1. The van der Waals surface area contributed by atoms with Gasteiger partial charge in [-0.05, 0) is 48.9 Å². The molecule has 5 rings (SSSR count). The minimum atomic E-state index is -5.41. The van der Waals surface area contributed by atoms with Crippen molar-refractivity contribution in [2.75, 3.05) is 11.4 Å². The van der Waals surface area contributed by atoms with E-state index in [0.29, 0.717) is 15.9 Å². The van der Waals surface area contributed by atoms with E-state index in [-0.39, 0.29) is 18.7 Å². The molecule has 0 unspecified atom stereocenters. The number of aromatic carboxylic acids is 1. The lowest BCUT2D eigenvalue weighted by atomic mass is 9.85. The first-order chi connectivity index (χ1) is 20.8. The number of anilines is 1. The van der Waals surface area contributed by atoms with Crippen LogP contribution in [-0.2, 0) is 21.4 Å². The summed E-state index contributed by atoms with van der Waals surface area (Å²) in [5, 5.41) is 19.6. The van der Waals surface area contributed by atoms with Crippen molar-refractivity contribution in [3.63, 3.8) is 0 Å². The van der Waals surface area contributed by atoms with Gasteiger partial charge in [0.2, 0.25) is 21.7 Å². The molecule has 1 saturated carbocycles. The monoisotopic (exact) mass is 639 g/mol. The number of nitrogens with zero attached hydrogens (tertiary/aromatic N) is 3. The number of amides is 1. The van der Waals surface area contributed by atoms with Crippen molar-refractivity contribution >= 4 is 27.6 Å². The summed E-state index contributed by atoms with van der Waals surface area (Å²) in [7, 11) is -5.41. The number of pyridine rings is 1. The van der Waals surface area contributed by atoms with Gasteiger partial charge < -0.3 is 15.1 Å². The second kappa shape index (κ2) is 12.1. The maximum Gasteiger partial charge on any atom is 0.339 e. The normalized spacial score (nSPS) is 17.7. The van der Waals surface area contributed by atoms with Crippen LogP contribution >= 0.6 is 0 Å². The smallest absolute Gasteiger partial charge is 0.339 e. The molecule has 2 fully saturated rings. The van der Waals surface area contributed by atoms with E-state index in [9.17, 15) is 50.2 Å². The van der Waals surface area contributed by atoms with Crippen molar-refractivity contribution < 1.29 is 50.2 Å². The summed E-state index contributed by atoms with van der Waals surface area (Å²) in [5.41, 5.74) is 0.813. The molecule has 9 nitrogen and oxygen atoms in total. The maximum atomic E-state index is 14.5.